The summed E-state index contributed by atoms with van der Waals surface area (Å²) in [5, 5.41) is 3.50. The fourth-order valence-electron chi connectivity index (χ4n) is 2.56. The summed E-state index contributed by atoms with van der Waals surface area (Å²) in [5.74, 6) is 1.03. The average molecular weight is 348 g/mol. The van der Waals surface area contributed by atoms with Crippen LogP contribution >= 0.6 is 15.9 Å². The summed E-state index contributed by atoms with van der Waals surface area (Å²) in [7, 11) is 1.71. The number of rotatable bonds is 5. The van der Waals surface area contributed by atoms with Gasteiger partial charge in [-0.05, 0) is 29.3 Å². The van der Waals surface area contributed by atoms with Gasteiger partial charge in [-0.2, -0.15) is 0 Å². The molecular formula is C17H18BrNO2. The predicted molar refractivity (Wildman–Crippen MR) is 87.8 cm³/mol. The first-order valence-electron chi connectivity index (χ1n) is 7.02. The molecule has 0 aromatic heterocycles. The summed E-state index contributed by atoms with van der Waals surface area (Å²) in [6.45, 7) is 2.18. The first-order valence-corrected chi connectivity index (χ1v) is 7.82. The highest BCUT2D eigenvalue weighted by atomic mass is 79.9. The molecule has 0 unspecified atom stereocenters. The van der Waals surface area contributed by atoms with Crippen molar-refractivity contribution in [2.75, 3.05) is 19.0 Å². The van der Waals surface area contributed by atoms with E-state index in [9.17, 15) is 0 Å². The van der Waals surface area contributed by atoms with Crippen molar-refractivity contribution in [1.82, 2.24) is 0 Å². The molecule has 3 rings (SSSR count). The van der Waals surface area contributed by atoms with Gasteiger partial charge >= 0.3 is 0 Å². The van der Waals surface area contributed by atoms with E-state index < -0.39 is 0 Å². The van der Waals surface area contributed by atoms with Crippen molar-refractivity contribution in [3.63, 3.8) is 0 Å². The summed E-state index contributed by atoms with van der Waals surface area (Å²) >= 11 is 3.58. The molecule has 0 spiro atoms. The normalized spacial score (nSPS) is 12.9. The van der Waals surface area contributed by atoms with Crippen LogP contribution < -0.4 is 10.1 Å². The number of nitrogens with one attached hydrogen (secondary N) is 1. The van der Waals surface area contributed by atoms with Crippen molar-refractivity contribution in [3.05, 3.63) is 57.6 Å². The summed E-state index contributed by atoms with van der Waals surface area (Å²) in [6, 6.07) is 12.6. The lowest BCUT2D eigenvalue weighted by Gasteiger charge is -2.13. The first kappa shape index (κ1) is 14.4. The number of ether oxygens (including phenoxy) is 2. The van der Waals surface area contributed by atoms with Crippen LogP contribution in [0.15, 0.2) is 40.9 Å². The third-order valence-electron chi connectivity index (χ3n) is 3.64. The number of anilines is 1. The Labute approximate surface area is 133 Å². The summed E-state index contributed by atoms with van der Waals surface area (Å²) in [5.41, 5.74) is 4.82. The Morgan fingerprint density at radius 2 is 2.19 bits per heavy atom. The maximum atomic E-state index is 5.54. The lowest BCUT2D eigenvalue weighted by molar-refractivity contribution is 0.185. The highest BCUT2D eigenvalue weighted by molar-refractivity contribution is 9.10. The molecule has 0 fully saturated rings. The SMILES string of the molecule is COCc1c(Br)cccc1NCc1ccc2c(c1)CCO2. The van der Waals surface area contributed by atoms with Gasteiger partial charge in [-0.25, -0.2) is 0 Å². The fraction of sp³-hybridized carbons (Fsp3) is 0.294. The first-order chi connectivity index (χ1) is 10.3. The summed E-state index contributed by atoms with van der Waals surface area (Å²) in [4.78, 5) is 0. The molecule has 1 heterocycles. The van der Waals surface area contributed by atoms with Crippen LogP contribution in [0.3, 0.4) is 0 Å². The monoisotopic (exact) mass is 347 g/mol. The van der Waals surface area contributed by atoms with Gasteiger partial charge < -0.3 is 14.8 Å². The topological polar surface area (TPSA) is 30.5 Å². The quantitative estimate of drug-likeness (QED) is 0.881. The Balaban J connectivity index is 1.74. The lowest BCUT2D eigenvalue weighted by atomic mass is 10.1. The second kappa shape index (κ2) is 6.50. The standard InChI is InChI=1S/C17H18BrNO2/c1-20-11-14-15(18)3-2-4-16(14)19-10-12-5-6-17-13(9-12)7-8-21-17/h2-6,9,19H,7-8,10-11H2,1H3. The van der Waals surface area contributed by atoms with Crippen LogP contribution in [0.5, 0.6) is 5.75 Å². The zero-order chi connectivity index (χ0) is 14.7. The molecule has 2 aromatic rings. The number of hydrogen-bond acceptors (Lipinski definition) is 3. The van der Waals surface area contributed by atoms with Crippen molar-refractivity contribution < 1.29 is 9.47 Å². The van der Waals surface area contributed by atoms with E-state index in [0.29, 0.717) is 6.61 Å². The van der Waals surface area contributed by atoms with E-state index in [1.165, 1.54) is 11.1 Å². The molecule has 1 aliphatic rings. The van der Waals surface area contributed by atoms with Crippen molar-refractivity contribution in [2.24, 2.45) is 0 Å². The van der Waals surface area contributed by atoms with Crippen LogP contribution in [0.2, 0.25) is 0 Å². The van der Waals surface area contributed by atoms with Crippen molar-refractivity contribution in [3.8, 4) is 5.75 Å². The molecule has 0 radical (unpaired) electrons. The van der Waals surface area contributed by atoms with Crippen molar-refractivity contribution >= 4 is 21.6 Å². The van der Waals surface area contributed by atoms with E-state index in [1.807, 2.05) is 12.1 Å². The number of benzene rings is 2. The largest absolute Gasteiger partial charge is 0.493 e. The molecule has 0 atom stereocenters. The van der Waals surface area contributed by atoms with Crippen LogP contribution in [0.25, 0.3) is 0 Å². The third kappa shape index (κ3) is 3.22. The molecule has 2 aromatic carbocycles. The zero-order valence-electron chi connectivity index (χ0n) is 12.0. The van der Waals surface area contributed by atoms with E-state index >= 15 is 0 Å². The Bertz CT molecular complexity index is 643. The molecule has 0 aliphatic carbocycles. The molecule has 21 heavy (non-hydrogen) atoms. The lowest BCUT2D eigenvalue weighted by Crippen LogP contribution is -2.04. The minimum absolute atomic E-state index is 0.585. The Morgan fingerprint density at radius 1 is 1.29 bits per heavy atom. The molecule has 1 N–H and O–H groups in total. The minimum Gasteiger partial charge on any atom is -0.493 e. The second-order valence-electron chi connectivity index (χ2n) is 5.09. The molecule has 4 heteroatoms. The molecule has 0 saturated carbocycles. The molecule has 1 aliphatic heterocycles. The number of methoxy groups -OCH3 is 1. The Kier molecular flexibility index (Phi) is 4.46. The third-order valence-corrected chi connectivity index (χ3v) is 4.39. The van der Waals surface area contributed by atoms with Gasteiger partial charge in [0.1, 0.15) is 5.75 Å². The molecule has 0 saturated heterocycles. The Hall–Kier alpha value is -1.52. The van der Waals surface area contributed by atoms with Gasteiger partial charge in [-0.3, -0.25) is 0 Å². The van der Waals surface area contributed by atoms with Crippen molar-refractivity contribution in [1.29, 1.82) is 0 Å². The molecular weight excluding hydrogens is 330 g/mol. The maximum Gasteiger partial charge on any atom is 0.122 e. The van der Waals surface area contributed by atoms with Gasteiger partial charge in [0.2, 0.25) is 0 Å². The highest BCUT2D eigenvalue weighted by Gasteiger charge is 2.12. The average Bonchev–Trinajstić information content (AvgIpc) is 2.95. The van der Waals surface area contributed by atoms with Crippen LogP contribution in [0.1, 0.15) is 16.7 Å². The zero-order valence-corrected chi connectivity index (χ0v) is 13.6. The molecule has 110 valence electrons. The van der Waals surface area contributed by atoms with Gasteiger partial charge in [0.15, 0.2) is 0 Å². The molecule has 0 amide bonds. The molecule has 3 nitrogen and oxygen atoms in total. The van der Waals surface area contributed by atoms with E-state index in [-0.39, 0.29) is 0 Å². The van der Waals surface area contributed by atoms with Gasteiger partial charge in [0.05, 0.1) is 13.2 Å². The second-order valence-corrected chi connectivity index (χ2v) is 5.95. The van der Waals surface area contributed by atoms with E-state index in [2.05, 4.69) is 45.5 Å². The number of hydrogen-bond donors (Lipinski definition) is 1. The van der Waals surface area contributed by atoms with E-state index in [4.69, 9.17) is 9.47 Å². The smallest absolute Gasteiger partial charge is 0.122 e. The van der Waals surface area contributed by atoms with Gasteiger partial charge in [-0.1, -0.05) is 34.1 Å². The Morgan fingerprint density at radius 3 is 3.05 bits per heavy atom. The van der Waals surface area contributed by atoms with E-state index in [1.54, 1.807) is 7.11 Å². The summed E-state index contributed by atoms with van der Waals surface area (Å²) in [6.07, 6.45) is 1.01. The molecule has 0 bridgehead atoms. The van der Waals surface area contributed by atoms with Crippen LogP contribution in [-0.2, 0) is 24.3 Å². The number of fused-ring (bicyclic) bond motifs is 1. The maximum absolute atomic E-state index is 5.54. The van der Waals surface area contributed by atoms with Gasteiger partial charge in [0.25, 0.3) is 0 Å². The van der Waals surface area contributed by atoms with Crippen LogP contribution in [0, 0.1) is 0 Å². The van der Waals surface area contributed by atoms with Crippen LogP contribution in [-0.4, -0.2) is 13.7 Å². The van der Waals surface area contributed by atoms with E-state index in [0.717, 1.165) is 41.0 Å². The minimum atomic E-state index is 0.585. The number of halogens is 1. The van der Waals surface area contributed by atoms with Gasteiger partial charge in [0, 0.05) is 35.8 Å². The predicted octanol–water partition coefficient (Wildman–Crippen LogP) is 4.14. The fourth-order valence-corrected chi connectivity index (χ4v) is 3.04. The summed E-state index contributed by atoms with van der Waals surface area (Å²) < 4.78 is 11.9. The van der Waals surface area contributed by atoms with Gasteiger partial charge in [-0.15, -0.1) is 0 Å². The van der Waals surface area contributed by atoms with Crippen LogP contribution in [0.4, 0.5) is 5.69 Å². The highest BCUT2D eigenvalue weighted by Crippen LogP contribution is 2.28. The van der Waals surface area contributed by atoms with Crippen molar-refractivity contribution in [2.45, 2.75) is 19.6 Å².